The Kier molecular flexibility index (Phi) is 24.6. The summed E-state index contributed by atoms with van der Waals surface area (Å²) in [4.78, 5) is 174. The van der Waals surface area contributed by atoms with Crippen LogP contribution in [0.1, 0.15) is 121 Å². The van der Waals surface area contributed by atoms with E-state index in [0.717, 1.165) is 24.5 Å². The smallest absolute Gasteiger partial charge is 0.330 e. The SMILES string of the molecule is CCC(C)[C@H]1C(=O)NCC(=O)N(C)[C@@H](C(C)C)C(=O)N[C@@H](CC(=O)O)C(=O)O[C@H](C)C(=O)N2CCCC[C@H]2C(=O)N(C)[C@@H](C(C)C)C(=O)N[C@@H](C(C)C)C(=O)N(C)[C@@H](CC(=O)O)C(=O)N(C)[C@@H](C(C)CC)C(=O)N1C. The predicted octanol–water partition coefficient (Wildman–Crippen LogP) is 0.543. The number of carboxylic acids is 2. The number of rotatable bonds is 11. The van der Waals surface area contributed by atoms with Crippen molar-refractivity contribution in [2.45, 2.75) is 176 Å². The van der Waals surface area contributed by atoms with Crippen LogP contribution >= 0.6 is 0 Å². The molecule has 424 valence electrons. The second-order valence-corrected chi connectivity index (χ2v) is 21.2. The molecule has 2 rings (SSSR count). The van der Waals surface area contributed by atoms with Gasteiger partial charge in [-0.2, -0.15) is 0 Å². The average molecular weight is 1060 g/mol. The number of carboxylic acid groups (broad SMARTS) is 2. The minimum atomic E-state index is -1.85. The highest BCUT2D eigenvalue weighted by Crippen LogP contribution is 2.26. The van der Waals surface area contributed by atoms with E-state index in [1.54, 1.807) is 69.2 Å². The summed E-state index contributed by atoms with van der Waals surface area (Å²) < 4.78 is 5.49. The van der Waals surface area contributed by atoms with Crippen LogP contribution in [0.5, 0.6) is 0 Å². The Morgan fingerprint density at radius 3 is 1.57 bits per heavy atom. The maximum Gasteiger partial charge on any atom is 0.330 e. The van der Waals surface area contributed by atoms with Crippen LogP contribution in [0.15, 0.2) is 0 Å². The van der Waals surface area contributed by atoms with Gasteiger partial charge in [-0.25, -0.2) is 4.79 Å². The Morgan fingerprint density at radius 1 is 0.573 bits per heavy atom. The van der Waals surface area contributed by atoms with Crippen LogP contribution in [0.25, 0.3) is 0 Å². The molecule has 2 aliphatic heterocycles. The standard InChI is InChI=1S/C51H85N9O15/c1-17-29(9)41-43(66)52-25-35(61)56(13)39(27(5)6)44(67)53-32(23-36(62)63)51(74)75-31(11)46(69)60-22-20-19-21-33(60)47(70)57(14)40(28(7)8)45(68)54-38(26(3)4)49(72)55(12)34(24-37(64)65)48(71)59(16)42(30(10)18-2)50(73)58(41)15/h26-34,38-42H,17-25H2,1-16H3,(H,52,66)(H,53,67)(H,54,68)(H,62,63)(H,64,65)/t29?,30?,31-,32+,33+,34+,38+,39+,40+,41+,42+/m1/s1. The van der Waals surface area contributed by atoms with E-state index >= 15 is 0 Å². The third-order valence-electron chi connectivity index (χ3n) is 14.6. The molecule has 2 saturated heterocycles. The van der Waals surface area contributed by atoms with E-state index in [4.69, 9.17) is 4.74 Å². The fraction of sp³-hybridized carbons (Fsp3) is 0.765. The molecule has 0 radical (unpaired) electrons. The second-order valence-electron chi connectivity index (χ2n) is 21.2. The molecule has 5 N–H and O–H groups in total. The largest absolute Gasteiger partial charge is 0.481 e. The summed E-state index contributed by atoms with van der Waals surface area (Å²) in [6, 6.07) is -11.3. The van der Waals surface area contributed by atoms with Gasteiger partial charge in [-0.15, -0.1) is 0 Å². The highest BCUT2D eigenvalue weighted by atomic mass is 16.5. The quantitative estimate of drug-likeness (QED) is 0.177. The van der Waals surface area contributed by atoms with Crippen molar-refractivity contribution < 1.29 is 72.5 Å². The molecule has 2 heterocycles. The van der Waals surface area contributed by atoms with Crippen molar-refractivity contribution in [2.75, 3.05) is 48.3 Å². The molecule has 0 aromatic carbocycles. The van der Waals surface area contributed by atoms with E-state index in [0.29, 0.717) is 25.7 Å². The molecule has 0 aromatic heterocycles. The molecular formula is C51H85N9O15. The number of likely N-dealkylation sites (N-methyl/N-ethyl adjacent to an activating group) is 5. The Balaban J connectivity index is 2.90. The van der Waals surface area contributed by atoms with E-state index in [1.807, 2.05) is 0 Å². The Hall–Kier alpha value is -6.36. The van der Waals surface area contributed by atoms with Crippen molar-refractivity contribution in [1.29, 1.82) is 0 Å². The van der Waals surface area contributed by atoms with Crippen LogP contribution in [-0.2, 0) is 62.3 Å². The monoisotopic (exact) mass is 1060 g/mol. The van der Waals surface area contributed by atoms with E-state index in [2.05, 4.69) is 16.0 Å². The maximum absolute atomic E-state index is 14.8. The van der Waals surface area contributed by atoms with E-state index in [9.17, 15) is 67.7 Å². The van der Waals surface area contributed by atoms with Crippen molar-refractivity contribution in [3.05, 3.63) is 0 Å². The molecule has 2 unspecified atom stereocenters. The van der Waals surface area contributed by atoms with Gasteiger partial charge in [0, 0.05) is 41.8 Å². The molecule has 75 heavy (non-hydrogen) atoms. The van der Waals surface area contributed by atoms with Gasteiger partial charge in [-0.3, -0.25) is 52.7 Å². The number of hydrogen-bond donors (Lipinski definition) is 5. The van der Waals surface area contributed by atoms with Crippen LogP contribution < -0.4 is 16.0 Å². The fourth-order valence-corrected chi connectivity index (χ4v) is 9.84. The van der Waals surface area contributed by atoms with Gasteiger partial charge >= 0.3 is 17.9 Å². The Labute approximate surface area is 441 Å². The third kappa shape index (κ3) is 16.3. The minimum Gasteiger partial charge on any atom is -0.481 e. The molecule has 0 aliphatic carbocycles. The maximum atomic E-state index is 14.8. The second kappa shape index (κ2) is 28.5. The van der Waals surface area contributed by atoms with Crippen molar-refractivity contribution in [2.24, 2.45) is 29.6 Å². The van der Waals surface area contributed by atoms with Crippen molar-refractivity contribution in [3.8, 4) is 0 Å². The molecule has 0 bridgehead atoms. The molecular weight excluding hydrogens is 979 g/mol. The molecule has 2 fully saturated rings. The van der Waals surface area contributed by atoms with E-state index in [1.165, 1.54) is 47.1 Å². The fourth-order valence-electron chi connectivity index (χ4n) is 9.84. The van der Waals surface area contributed by atoms with Crippen LogP contribution in [0.3, 0.4) is 0 Å². The number of cyclic esters (lactones) is 1. The summed E-state index contributed by atoms with van der Waals surface area (Å²) in [7, 11) is 6.51. The minimum absolute atomic E-state index is 0.0403. The lowest BCUT2D eigenvalue weighted by molar-refractivity contribution is -0.166. The van der Waals surface area contributed by atoms with Gasteiger partial charge in [0.15, 0.2) is 6.10 Å². The molecule has 11 atom stereocenters. The molecule has 24 nitrogen and oxygen atoms in total. The lowest BCUT2D eigenvalue weighted by atomic mass is 9.92. The number of piperidine rings is 1. The summed E-state index contributed by atoms with van der Waals surface area (Å²) in [5.74, 6) is -14.6. The number of nitrogens with one attached hydrogen (secondary N) is 3. The molecule has 0 saturated carbocycles. The van der Waals surface area contributed by atoms with Gasteiger partial charge in [0.2, 0.25) is 47.3 Å². The number of carbonyl (C=O) groups is 12. The topological polar surface area (TPSA) is 310 Å². The van der Waals surface area contributed by atoms with Crippen LogP contribution in [-0.4, -0.2) is 213 Å². The summed E-state index contributed by atoms with van der Waals surface area (Å²) in [5.41, 5.74) is 0. The van der Waals surface area contributed by atoms with E-state index in [-0.39, 0.29) is 13.0 Å². The number of aliphatic carboxylic acids is 2. The average Bonchev–Trinajstić information content (AvgIpc) is 3.33. The number of ether oxygens (including phenoxy) is 1. The van der Waals surface area contributed by atoms with E-state index < -0.39 is 174 Å². The van der Waals surface area contributed by atoms with Crippen molar-refractivity contribution in [3.63, 3.8) is 0 Å². The molecule has 24 heteroatoms. The molecule has 2 aliphatic rings. The first-order valence-corrected chi connectivity index (χ1v) is 25.9. The van der Waals surface area contributed by atoms with Gasteiger partial charge in [-0.05, 0) is 55.8 Å². The zero-order valence-electron chi connectivity index (χ0n) is 46.8. The first kappa shape index (κ1) is 64.8. The zero-order chi connectivity index (χ0) is 57.7. The van der Waals surface area contributed by atoms with Crippen molar-refractivity contribution >= 4 is 71.1 Å². The number of fused-ring (bicyclic) bond motifs is 1. The Bertz CT molecular complexity index is 2120. The van der Waals surface area contributed by atoms with Crippen LogP contribution in [0.4, 0.5) is 0 Å². The number of nitrogens with zero attached hydrogens (tertiary/aromatic N) is 6. The first-order chi connectivity index (χ1) is 34.8. The summed E-state index contributed by atoms with van der Waals surface area (Å²) in [6.07, 6.45) is -1.70. The Morgan fingerprint density at radius 2 is 1.07 bits per heavy atom. The number of hydrogen-bond acceptors (Lipinski definition) is 13. The predicted molar refractivity (Wildman–Crippen MR) is 272 cm³/mol. The van der Waals surface area contributed by atoms with Crippen LogP contribution in [0, 0.1) is 29.6 Å². The number of esters is 1. The number of carbonyl (C=O) groups excluding carboxylic acids is 10. The van der Waals surface area contributed by atoms with Gasteiger partial charge < -0.3 is 60.3 Å². The molecule has 0 aromatic rings. The highest BCUT2D eigenvalue weighted by molar-refractivity contribution is 5.99. The molecule has 0 spiro atoms. The lowest BCUT2D eigenvalue weighted by Gasteiger charge is -2.41. The van der Waals surface area contributed by atoms with Crippen molar-refractivity contribution in [1.82, 2.24) is 45.3 Å². The van der Waals surface area contributed by atoms with Gasteiger partial charge in [-0.1, -0.05) is 82.1 Å². The zero-order valence-corrected chi connectivity index (χ0v) is 46.8. The first-order valence-electron chi connectivity index (χ1n) is 25.9. The van der Waals surface area contributed by atoms with Gasteiger partial charge in [0.25, 0.3) is 5.91 Å². The summed E-state index contributed by atoms with van der Waals surface area (Å²) in [5, 5.41) is 27.6. The normalized spacial score (nSPS) is 27.7. The number of amides is 9. The highest BCUT2D eigenvalue weighted by Gasteiger charge is 2.46. The molecule has 9 amide bonds. The summed E-state index contributed by atoms with van der Waals surface area (Å²) >= 11 is 0. The lowest BCUT2D eigenvalue weighted by Crippen LogP contribution is -2.63. The van der Waals surface area contributed by atoms with Crippen LogP contribution in [0.2, 0.25) is 0 Å². The third-order valence-corrected chi connectivity index (χ3v) is 14.6. The summed E-state index contributed by atoms with van der Waals surface area (Å²) in [6.45, 7) is 17.3. The van der Waals surface area contributed by atoms with Gasteiger partial charge in [0.1, 0.15) is 48.3 Å². The van der Waals surface area contributed by atoms with Gasteiger partial charge in [0.05, 0.1) is 19.4 Å².